The van der Waals surface area contributed by atoms with Crippen molar-refractivity contribution in [2.24, 2.45) is 0 Å². The van der Waals surface area contributed by atoms with E-state index in [1.807, 2.05) is 27.7 Å². The molecule has 2 N–H and O–H groups in total. The molecular weight excluding hydrogens is 216 g/mol. The maximum Gasteiger partial charge on any atom is 0.222 e. The summed E-state index contributed by atoms with van der Waals surface area (Å²) in [6, 6.07) is 0. The first-order chi connectivity index (χ1) is 7.88. The molecular formula is C12H20N4O. The summed E-state index contributed by atoms with van der Waals surface area (Å²) in [5.41, 5.74) is 0.656. The van der Waals surface area contributed by atoms with Crippen molar-refractivity contribution in [3.8, 4) is 0 Å². The Labute approximate surface area is 102 Å². The standard InChI is InChI=1S/C12H20N4O/c1-9-11(15-8-7-13-9)14-6-5-10(17)16-12(2,3)4/h7-8H,5-6H2,1-4H3,(H,14,15)(H,16,17). The van der Waals surface area contributed by atoms with Gasteiger partial charge in [-0.25, -0.2) is 4.98 Å². The van der Waals surface area contributed by atoms with Gasteiger partial charge >= 0.3 is 0 Å². The molecule has 1 aromatic rings. The number of amides is 1. The molecule has 5 heteroatoms. The van der Waals surface area contributed by atoms with Gasteiger partial charge in [0.2, 0.25) is 5.91 Å². The van der Waals surface area contributed by atoms with Crippen molar-refractivity contribution in [3.05, 3.63) is 18.1 Å². The first kappa shape index (κ1) is 13.4. The van der Waals surface area contributed by atoms with Gasteiger partial charge in [-0.15, -0.1) is 0 Å². The topological polar surface area (TPSA) is 66.9 Å². The molecule has 1 rings (SSSR count). The van der Waals surface area contributed by atoms with Crippen LogP contribution < -0.4 is 10.6 Å². The monoisotopic (exact) mass is 236 g/mol. The van der Waals surface area contributed by atoms with Gasteiger partial charge in [-0.1, -0.05) is 0 Å². The fourth-order valence-electron chi connectivity index (χ4n) is 1.36. The number of carbonyl (C=O) groups excluding carboxylic acids is 1. The van der Waals surface area contributed by atoms with E-state index in [0.29, 0.717) is 13.0 Å². The Morgan fingerprint density at radius 2 is 1.94 bits per heavy atom. The largest absolute Gasteiger partial charge is 0.368 e. The molecule has 94 valence electrons. The molecule has 0 aliphatic rings. The van der Waals surface area contributed by atoms with Crippen LogP contribution in [0, 0.1) is 6.92 Å². The maximum absolute atomic E-state index is 11.5. The Morgan fingerprint density at radius 1 is 1.29 bits per heavy atom. The van der Waals surface area contributed by atoms with E-state index in [4.69, 9.17) is 0 Å². The highest BCUT2D eigenvalue weighted by Crippen LogP contribution is 2.05. The molecule has 0 aliphatic carbocycles. The van der Waals surface area contributed by atoms with Crippen LogP contribution in [0.25, 0.3) is 0 Å². The van der Waals surface area contributed by atoms with Gasteiger partial charge in [0, 0.05) is 30.9 Å². The first-order valence-corrected chi connectivity index (χ1v) is 5.71. The molecule has 1 amide bonds. The number of hydrogen-bond acceptors (Lipinski definition) is 4. The summed E-state index contributed by atoms with van der Waals surface area (Å²) in [5.74, 6) is 0.766. The van der Waals surface area contributed by atoms with Crippen LogP contribution in [0.4, 0.5) is 5.82 Å². The summed E-state index contributed by atoms with van der Waals surface area (Å²) in [6.45, 7) is 8.33. The molecule has 0 bridgehead atoms. The Kier molecular flexibility index (Phi) is 4.43. The van der Waals surface area contributed by atoms with Crippen LogP contribution in [0.3, 0.4) is 0 Å². The normalized spacial score (nSPS) is 11.1. The third-order valence-electron chi connectivity index (χ3n) is 2.04. The molecule has 0 spiro atoms. The highest BCUT2D eigenvalue weighted by Gasteiger charge is 2.13. The van der Waals surface area contributed by atoms with Gasteiger partial charge in [0.25, 0.3) is 0 Å². The maximum atomic E-state index is 11.5. The Bertz CT molecular complexity index is 384. The lowest BCUT2D eigenvalue weighted by molar-refractivity contribution is -0.122. The van der Waals surface area contributed by atoms with Crippen LogP contribution in [0.15, 0.2) is 12.4 Å². The Hall–Kier alpha value is -1.65. The number of rotatable bonds is 4. The summed E-state index contributed by atoms with van der Waals surface area (Å²) in [6.07, 6.45) is 3.70. The van der Waals surface area contributed by atoms with Crippen molar-refractivity contribution < 1.29 is 4.79 Å². The van der Waals surface area contributed by atoms with E-state index in [2.05, 4.69) is 20.6 Å². The average Bonchev–Trinajstić information content (AvgIpc) is 2.18. The Morgan fingerprint density at radius 3 is 2.53 bits per heavy atom. The quantitative estimate of drug-likeness (QED) is 0.831. The van der Waals surface area contributed by atoms with Crippen LogP contribution in [-0.4, -0.2) is 28.0 Å². The molecule has 0 aliphatic heterocycles. The van der Waals surface area contributed by atoms with Crippen molar-refractivity contribution in [2.45, 2.75) is 39.7 Å². The zero-order valence-electron chi connectivity index (χ0n) is 10.9. The lowest BCUT2D eigenvalue weighted by Crippen LogP contribution is -2.41. The lowest BCUT2D eigenvalue weighted by Gasteiger charge is -2.20. The minimum atomic E-state index is -0.181. The molecule has 0 radical (unpaired) electrons. The van der Waals surface area contributed by atoms with E-state index in [1.165, 1.54) is 0 Å². The van der Waals surface area contributed by atoms with E-state index in [-0.39, 0.29) is 11.4 Å². The molecule has 1 aromatic heterocycles. The fourth-order valence-corrected chi connectivity index (χ4v) is 1.36. The van der Waals surface area contributed by atoms with Crippen molar-refractivity contribution in [1.82, 2.24) is 15.3 Å². The van der Waals surface area contributed by atoms with E-state index in [1.54, 1.807) is 12.4 Å². The number of aryl methyl sites for hydroxylation is 1. The molecule has 1 heterocycles. The van der Waals surface area contributed by atoms with E-state index < -0.39 is 0 Å². The molecule has 0 unspecified atom stereocenters. The van der Waals surface area contributed by atoms with Gasteiger partial charge in [-0.3, -0.25) is 9.78 Å². The second-order valence-electron chi connectivity index (χ2n) is 4.97. The van der Waals surface area contributed by atoms with Gasteiger partial charge in [0.1, 0.15) is 5.82 Å². The van der Waals surface area contributed by atoms with E-state index in [0.717, 1.165) is 11.5 Å². The molecule has 0 atom stereocenters. The minimum absolute atomic E-state index is 0.0338. The fraction of sp³-hybridized carbons (Fsp3) is 0.583. The molecule has 0 fully saturated rings. The van der Waals surface area contributed by atoms with Crippen LogP contribution in [0.1, 0.15) is 32.9 Å². The predicted octanol–water partition coefficient (Wildman–Crippen LogP) is 1.50. The summed E-state index contributed by atoms with van der Waals surface area (Å²) >= 11 is 0. The van der Waals surface area contributed by atoms with Crippen molar-refractivity contribution >= 4 is 11.7 Å². The highest BCUT2D eigenvalue weighted by molar-refractivity contribution is 5.77. The lowest BCUT2D eigenvalue weighted by atomic mass is 10.1. The average molecular weight is 236 g/mol. The highest BCUT2D eigenvalue weighted by atomic mass is 16.1. The Balaban J connectivity index is 2.34. The second kappa shape index (κ2) is 5.61. The van der Waals surface area contributed by atoms with Gasteiger partial charge in [-0.2, -0.15) is 0 Å². The minimum Gasteiger partial charge on any atom is -0.368 e. The molecule has 17 heavy (non-hydrogen) atoms. The molecule has 5 nitrogen and oxygen atoms in total. The number of nitrogens with one attached hydrogen (secondary N) is 2. The smallest absolute Gasteiger partial charge is 0.222 e. The SMILES string of the molecule is Cc1nccnc1NCCC(=O)NC(C)(C)C. The number of hydrogen-bond donors (Lipinski definition) is 2. The third-order valence-corrected chi connectivity index (χ3v) is 2.04. The molecule has 0 aromatic carbocycles. The van der Waals surface area contributed by atoms with Crippen molar-refractivity contribution in [1.29, 1.82) is 0 Å². The number of aromatic nitrogens is 2. The van der Waals surface area contributed by atoms with Gasteiger partial charge in [0.15, 0.2) is 0 Å². The summed E-state index contributed by atoms with van der Waals surface area (Å²) < 4.78 is 0. The number of carbonyl (C=O) groups is 1. The predicted molar refractivity (Wildman–Crippen MR) is 67.8 cm³/mol. The summed E-state index contributed by atoms with van der Waals surface area (Å²) in [4.78, 5) is 19.8. The van der Waals surface area contributed by atoms with Gasteiger partial charge < -0.3 is 10.6 Å². The van der Waals surface area contributed by atoms with E-state index >= 15 is 0 Å². The van der Waals surface area contributed by atoms with Crippen molar-refractivity contribution in [2.75, 3.05) is 11.9 Å². The zero-order chi connectivity index (χ0) is 12.9. The molecule has 0 saturated heterocycles. The third kappa shape index (κ3) is 5.29. The number of nitrogens with zero attached hydrogens (tertiary/aromatic N) is 2. The van der Waals surface area contributed by atoms with Gasteiger partial charge in [0.05, 0.1) is 5.69 Å². The zero-order valence-corrected chi connectivity index (χ0v) is 10.9. The summed E-state index contributed by atoms with van der Waals surface area (Å²) in [5, 5.41) is 6.00. The summed E-state index contributed by atoms with van der Waals surface area (Å²) in [7, 11) is 0. The molecule has 0 saturated carbocycles. The van der Waals surface area contributed by atoms with Crippen molar-refractivity contribution in [3.63, 3.8) is 0 Å². The van der Waals surface area contributed by atoms with Crippen LogP contribution in [0.5, 0.6) is 0 Å². The van der Waals surface area contributed by atoms with Gasteiger partial charge in [-0.05, 0) is 27.7 Å². The first-order valence-electron chi connectivity index (χ1n) is 5.71. The van der Waals surface area contributed by atoms with Crippen LogP contribution in [0.2, 0.25) is 0 Å². The van der Waals surface area contributed by atoms with Crippen LogP contribution in [-0.2, 0) is 4.79 Å². The number of anilines is 1. The van der Waals surface area contributed by atoms with Crippen LogP contribution >= 0.6 is 0 Å². The second-order valence-corrected chi connectivity index (χ2v) is 4.97. The van der Waals surface area contributed by atoms with E-state index in [9.17, 15) is 4.79 Å².